The summed E-state index contributed by atoms with van der Waals surface area (Å²) in [5.41, 5.74) is 1.29. The van der Waals surface area contributed by atoms with Crippen LogP contribution >= 0.6 is 23.5 Å². The Hall–Kier alpha value is -1.27. The molecule has 1 saturated carbocycles. The lowest BCUT2D eigenvalue weighted by Crippen LogP contribution is -2.57. The van der Waals surface area contributed by atoms with Crippen molar-refractivity contribution < 1.29 is 18.0 Å². The number of nitrogens with zero attached hydrogens (tertiary/aromatic N) is 2. The summed E-state index contributed by atoms with van der Waals surface area (Å²) in [4.78, 5) is 29.3. The second-order valence-electron chi connectivity index (χ2n) is 11.6. The lowest BCUT2D eigenvalue weighted by atomic mass is 9.91. The van der Waals surface area contributed by atoms with Crippen molar-refractivity contribution in [3.8, 4) is 0 Å². The molecule has 0 spiro atoms. The summed E-state index contributed by atoms with van der Waals surface area (Å²) < 4.78 is 27.0. The highest BCUT2D eigenvalue weighted by molar-refractivity contribution is 8.00. The van der Waals surface area contributed by atoms with Gasteiger partial charge in [0.2, 0.25) is 21.8 Å². The number of benzene rings is 1. The molecular formula is C29H46N4O4S3. The fourth-order valence-corrected chi connectivity index (χ4v) is 9.96. The molecule has 2 amide bonds. The lowest BCUT2D eigenvalue weighted by Gasteiger charge is -2.33. The molecule has 3 fully saturated rings. The van der Waals surface area contributed by atoms with Gasteiger partial charge in [0.25, 0.3) is 0 Å². The zero-order valence-electron chi connectivity index (χ0n) is 23.9. The van der Waals surface area contributed by atoms with Crippen molar-refractivity contribution in [3.63, 3.8) is 0 Å². The van der Waals surface area contributed by atoms with Crippen LogP contribution in [-0.4, -0.2) is 89.0 Å². The maximum absolute atomic E-state index is 13.5. The Bertz CT molecular complexity index is 1060. The molecule has 224 valence electrons. The predicted octanol–water partition coefficient (Wildman–Crippen LogP) is 3.68. The Labute approximate surface area is 249 Å². The minimum Gasteiger partial charge on any atom is -0.351 e. The normalized spacial score (nSPS) is 22.8. The van der Waals surface area contributed by atoms with Gasteiger partial charge in [-0.25, -0.2) is 8.42 Å². The van der Waals surface area contributed by atoms with Crippen LogP contribution < -0.4 is 10.6 Å². The molecule has 1 aliphatic carbocycles. The Kier molecular flexibility index (Phi) is 12.1. The van der Waals surface area contributed by atoms with E-state index in [9.17, 15) is 18.0 Å². The van der Waals surface area contributed by atoms with Gasteiger partial charge in [-0.3, -0.25) is 14.5 Å². The van der Waals surface area contributed by atoms with Gasteiger partial charge in [-0.1, -0.05) is 49.6 Å². The molecular weight excluding hydrogens is 565 g/mol. The maximum atomic E-state index is 13.5. The van der Waals surface area contributed by atoms with Crippen molar-refractivity contribution in [2.45, 2.75) is 88.7 Å². The van der Waals surface area contributed by atoms with E-state index in [1.54, 1.807) is 25.6 Å². The number of rotatable bonds is 12. The third-order valence-corrected chi connectivity index (χ3v) is 12.9. The van der Waals surface area contributed by atoms with Gasteiger partial charge in [-0.15, -0.1) is 11.8 Å². The van der Waals surface area contributed by atoms with Gasteiger partial charge in [0, 0.05) is 37.2 Å². The van der Waals surface area contributed by atoms with Crippen LogP contribution in [0.5, 0.6) is 0 Å². The summed E-state index contributed by atoms with van der Waals surface area (Å²) in [6, 6.07) is 9.04. The number of nitrogens with one attached hydrogen (secondary N) is 2. The largest absolute Gasteiger partial charge is 0.351 e. The van der Waals surface area contributed by atoms with Crippen molar-refractivity contribution in [2.24, 2.45) is 5.92 Å². The number of thioether (sulfide) groups is 2. The highest BCUT2D eigenvalue weighted by Crippen LogP contribution is 2.28. The number of hydrogen-bond acceptors (Lipinski definition) is 7. The van der Waals surface area contributed by atoms with E-state index in [-0.39, 0.29) is 23.7 Å². The van der Waals surface area contributed by atoms with Crippen LogP contribution in [0.1, 0.15) is 64.4 Å². The van der Waals surface area contributed by atoms with E-state index in [1.807, 2.05) is 6.07 Å². The first-order valence-corrected chi connectivity index (χ1v) is 18.6. The first kappa shape index (κ1) is 31.7. The van der Waals surface area contributed by atoms with E-state index >= 15 is 0 Å². The second-order valence-corrected chi connectivity index (χ2v) is 16.2. The summed E-state index contributed by atoms with van der Waals surface area (Å²) >= 11 is 3.17. The predicted molar refractivity (Wildman–Crippen MR) is 166 cm³/mol. The number of carbonyl (C=O) groups is 2. The second kappa shape index (κ2) is 15.3. The molecule has 3 aliphatic rings. The highest BCUT2D eigenvalue weighted by Gasteiger charge is 2.41. The molecule has 0 aromatic heterocycles. The number of piperidine rings is 1. The van der Waals surface area contributed by atoms with Crippen LogP contribution in [0.25, 0.3) is 0 Å². The van der Waals surface area contributed by atoms with Gasteiger partial charge >= 0.3 is 0 Å². The van der Waals surface area contributed by atoms with Gasteiger partial charge in [0.05, 0.1) is 11.1 Å². The number of hydrogen-bond donors (Lipinski definition) is 2. The summed E-state index contributed by atoms with van der Waals surface area (Å²) in [6.07, 6.45) is 8.06. The standard InChI is InChI=1S/C29H46N4O4S3/c1-22(2)40(36,37)33-21-39-20-27(33)29(35)31-26(19-38-18-24-11-7-4-8-12-24)28(34)30-25-13-15-32(16-14-25)17-23-9-5-3-6-10-23/h3,5-6,9-10,22,24-27H,4,7-8,11-21H2,1-2H3,(H,30,34)(H,31,35)/t26-,27-/m0/s1. The lowest BCUT2D eigenvalue weighted by molar-refractivity contribution is -0.130. The van der Waals surface area contributed by atoms with Crippen LogP contribution in [0, 0.1) is 5.92 Å². The molecule has 11 heteroatoms. The molecule has 2 heterocycles. The van der Waals surface area contributed by atoms with Crippen molar-refractivity contribution in [3.05, 3.63) is 35.9 Å². The Morgan fingerprint density at radius 3 is 2.42 bits per heavy atom. The molecule has 8 nitrogen and oxygen atoms in total. The van der Waals surface area contributed by atoms with Crippen molar-refractivity contribution in [2.75, 3.05) is 36.2 Å². The van der Waals surface area contributed by atoms with Crippen LogP contribution in [0.2, 0.25) is 0 Å². The van der Waals surface area contributed by atoms with E-state index in [1.165, 1.54) is 53.7 Å². The third kappa shape index (κ3) is 8.86. The average molecular weight is 611 g/mol. The summed E-state index contributed by atoms with van der Waals surface area (Å²) in [6.45, 7) is 6.00. The molecule has 1 aromatic rings. The molecule has 2 aliphatic heterocycles. The molecule has 40 heavy (non-hydrogen) atoms. The van der Waals surface area contributed by atoms with Crippen LogP contribution in [-0.2, 0) is 26.2 Å². The highest BCUT2D eigenvalue weighted by atomic mass is 32.2. The van der Waals surface area contributed by atoms with E-state index < -0.39 is 27.4 Å². The Morgan fingerprint density at radius 1 is 1.05 bits per heavy atom. The first-order valence-electron chi connectivity index (χ1n) is 14.8. The zero-order valence-corrected chi connectivity index (χ0v) is 26.4. The molecule has 2 saturated heterocycles. The smallest absolute Gasteiger partial charge is 0.243 e. The summed E-state index contributed by atoms with van der Waals surface area (Å²) in [5.74, 6) is 2.31. The molecule has 4 rings (SSSR count). The molecule has 0 radical (unpaired) electrons. The fraction of sp³-hybridized carbons (Fsp3) is 0.724. The number of likely N-dealkylation sites (tertiary alicyclic amines) is 1. The zero-order chi connectivity index (χ0) is 28.5. The van der Waals surface area contributed by atoms with Gasteiger partial charge in [0.1, 0.15) is 12.1 Å². The van der Waals surface area contributed by atoms with Crippen LogP contribution in [0.3, 0.4) is 0 Å². The molecule has 2 atom stereocenters. The Morgan fingerprint density at radius 2 is 1.75 bits per heavy atom. The SMILES string of the molecule is CC(C)S(=O)(=O)N1CSC[C@H]1C(=O)N[C@@H](CSCC1CCCCC1)C(=O)NC1CCN(Cc2ccccc2)CC1. The monoisotopic (exact) mass is 610 g/mol. The molecule has 1 aromatic carbocycles. The molecule has 0 unspecified atom stereocenters. The Balaban J connectivity index is 1.34. The van der Waals surface area contributed by atoms with Crippen LogP contribution in [0.15, 0.2) is 30.3 Å². The van der Waals surface area contributed by atoms with E-state index in [2.05, 4.69) is 39.8 Å². The topological polar surface area (TPSA) is 98.8 Å². The van der Waals surface area contributed by atoms with E-state index in [0.29, 0.717) is 17.4 Å². The number of carbonyl (C=O) groups excluding carboxylic acids is 2. The maximum Gasteiger partial charge on any atom is 0.243 e. The number of sulfonamides is 1. The quantitative estimate of drug-likeness (QED) is 0.373. The minimum atomic E-state index is -3.57. The van der Waals surface area contributed by atoms with E-state index in [0.717, 1.165) is 38.2 Å². The van der Waals surface area contributed by atoms with Crippen LogP contribution in [0.4, 0.5) is 0 Å². The third-order valence-electron chi connectivity index (χ3n) is 8.25. The van der Waals surface area contributed by atoms with Crippen molar-refractivity contribution in [1.29, 1.82) is 0 Å². The van der Waals surface area contributed by atoms with E-state index in [4.69, 9.17) is 0 Å². The molecule has 2 N–H and O–H groups in total. The van der Waals surface area contributed by atoms with Crippen molar-refractivity contribution >= 4 is 45.4 Å². The average Bonchev–Trinajstić information content (AvgIpc) is 3.46. The van der Waals surface area contributed by atoms with Gasteiger partial charge in [-0.2, -0.15) is 16.1 Å². The number of amides is 2. The van der Waals surface area contributed by atoms with Gasteiger partial charge < -0.3 is 10.6 Å². The fourth-order valence-electron chi connectivity index (χ4n) is 5.69. The first-order chi connectivity index (χ1) is 19.2. The van der Waals surface area contributed by atoms with Gasteiger partial charge in [-0.05, 0) is 56.8 Å². The minimum absolute atomic E-state index is 0.0714. The van der Waals surface area contributed by atoms with Gasteiger partial charge in [0.15, 0.2) is 0 Å². The van der Waals surface area contributed by atoms with Crippen molar-refractivity contribution in [1.82, 2.24) is 19.8 Å². The summed E-state index contributed by atoms with van der Waals surface area (Å²) in [7, 11) is -3.57. The summed E-state index contributed by atoms with van der Waals surface area (Å²) in [5, 5.41) is 5.59. The molecule has 0 bridgehead atoms.